The van der Waals surface area contributed by atoms with Crippen LogP contribution in [0.3, 0.4) is 0 Å². The average Bonchev–Trinajstić information content (AvgIpc) is 3.27. The smallest absolute Gasteiger partial charge is 0.280 e. The second-order valence-electron chi connectivity index (χ2n) is 6.35. The number of H-pyrrole nitrogens is 1. The number of halogens is 1. The van der Waals surface area contributed by atoms with Crippen LogP contribution in [0.2, 0.25) is 5.02 Å². The van der Waals surface area contributed by atoms with Crippen LogP contribution in [-0.2, 0) is 6.54 Å². The third kappa shape index (κ3) is 3.19. The van der Waals surface area contributed by atoms with Gasteiger partial charge < -0.3 is 9.72 Å². The van der Waals surface area contributed by atoms with Gasteiger partial charge in [-0.3, -0.25) is 9.36 Å². The molecule has 5 rings (SSSR count). The van der Waals surface area contributed by atoms with Crippen molar-refractivity contribution in [2.24, 2.45) is 0 Å². The quantitative estimate of drug-likeness (QED) is 0.485. The highest BCUT2D eigenvalue weighted by molar-refractivity contribution is 6.30. The largest absolute Gasteiger partial charge is 0.437 e. The maximum absolute atomic E-state index is 12.7. The molecular weight excluding hydrogens is 396 g/mol. The van der Waals surface area contributed by atoms with E-state index in [4.69, 9.17) is 16.3 Å². The average molecular weight is 409 g/mol. The van der Waals surface area contributed by atoms with Gasteiger partial charge in [0.25, 0.3) is 5.56 Å². The van der Waals surface area contributed by atoms with Crippen molar-refractivity contribution >= 4 is 28.4 Å². The fraction of sp³-hybridized carbons (Fsp3) is 0.111. The number of benzene rings is 1. The number of rotatable bonds is 4. The molecule has 144 valence electrons. The molecule has 0 unspecified atom stereocenters. The van der Waals surface area contributed by atoms with E-state index in [0.717, 1.165) is 5.56 Å². The number of imidazole rings is 1. The Morgan fingerprint density at radius 3 is 2.97 bits per heavy atom. The fourth-order valence-corrected chi connectivity index (χ4v) is 3.11. The second-order valence-corrected chi connectivity index (χ2v) is 6.79. The van der Waals surface area contributed by atoms with Crippen molar-refractivity contribution in [3.05, 3.63) is 69.8 Å². The molecule has 1 N–H and O–H groups in total. The van der Waals surface area contributed by atoms with E-state index in [1.54, 1.807) is 30.5 Å². The van der Waals surface area contributed by atoms with Crippen molar-refractivity contribution in [1.29, 1.82) is 0 Å². The van der Waals surface area contributed by atoms with Crippen molar-refractivity contribution in [3.8, 4) is 11.6 Å². The van der Waals surface area contributed by atoms with Gasteiger partial charge in [-0.25, -0.2) is 9.97 Å². The summed E-state index contributed by atoms with van der Waals surface area (Å²) in [5.74, 6) is 1.36. The predicted molar refractivity (Wildman–Crippen MR) is 104 cm³/mol. The number of ether oxygens (including phenoxy) is 1. The Kier molecular flexibility index (Phi) is 3.98. The molecule has 0 aliphatic heterocycles. The third-order valence-corrected chi connectivity index (χ3v) is 4.51. The van der Waals surface area contributed by atoms with E-state index in [2.05, 4.69) is 30.1 Å². The highest BCUT2D eigenvalue weighted by Gasteiger charge is 2.12. The number of hydrogen-bond donors (Lipinski definition) is 1. The Bertz CT molecular complexity index is 1420. The number of aromatic amines is 1. The molecule has 0 saturated carbocycles. The van der Waals surface area contributed by atoms with Gasteiger partial charge in [-0.05, 0) is 25.1 Å². The number of aryl methyl sites for hydroxylation is 1. The highest BCUT2D eigenvalue weighted by Crippen LogP contribution is 2.23. The first kappa shape index (κ1) is 17.3. The van der Waals surface area contributed by atoms with Crippen LogP contribution in [0, 0.1) is 6.92 Å². The molecule has 0 amide bonds. The summed E-state index contributed by atoms with van der Waals surface area (Å²) >= 11 is 5.97. The normalized spacial score (nSPS) is 11.4. The third-order valence-electron chi connectivity index (χ3n) is 4.27. The number of nitrogens with one attached hydrogen (secondary N) is 1. The predicted octanol–water partition coefficient (Wildman–Crippen LogP) is 2.36. The molecule has 0 bridgehead atoms. The summed E-state index contributed by atoms with van der Waals surface area (Å²) in [7, 11) is 0. The van der Waals surface area contributed by atoms with Gasteiger partial charge in [0.1, 0.15) is 17.9 Å². The van der Waals surface area contributed by atoms with E-state index < -0.39 is 0 Å². The first-order chi connectivity index (χ1) is 14.1. The van der Waals surface area contributed by atoms with Crippen LogP contribution in [0.5, 0.6) is 11.6 Å². The topological polar surface area (TPSA) is 116 Å². The van der Waals surface area contributed by atoms with E-state index in [1.165, 1.54) is 21.7 Å². The summed E-state index contributed by atoms with van der Waals surface area (Å²) < 4.78 is 8.45. The molecule has 0 fully saturated rings. The van der Waals surface area contributed by atoms with Crippen molar-refractivity contribution in [2.75, 3.05) is 0 Å². The maximum atomic E-state index is 12.7. The van der Waals surface area contributed by atoms with Crippen molar-refractivity contribution in [1.82, 2.24) is 39.3 Å². The number of fused-ring (bicyclic) bond motifs is 2. The monoisotopic (exact) mass is 408 g/mol. The Balaban J connectivity index is 1.45. The maximum Gasteiger partial charge on any atom is 0.280 e. The summed E-state index contributed by atoms with van der Waals surface area (Å²) in [5.41, 5.74) is 1.84. The van der Waals surface area contributed by atoms with Crippen molar-refractivity contribution < 1.29 is 4.74 Å². The molecule has 0 spiro atoms. The lowest BCUT2D eigenvalue weighted by Gasteiger charge is -2.03. The van der Waals surface area contributed by atoms with Gasteiger partial charge >= 0.3 is 0 Å². The van der Waals surface area contributed by atoms with E-state index >= 15 is 0 Å². The van der Waals surface area contributed by atoms with Gasteiger partial charge in [0, 0.05) is 10.6 Å². The molecule has 29 heavy (non-hydrogen) atoms. The van der Waals surface area contributed by atoms with Crippen LogP contribution in [-0.4, -0.2) is 39.3 Å². The zero-order valence-corrected chi connectivity index (χ0v) is 15.8. The molecule has 1 aromatic carbocycles. The van der Waals surface area contributed by atoms with Crippen LogP contribution >= 0.6 is 11.6 Å². The van der Waals surface area contributed by atoms with Crippen molar-refractivity contribution in [2.45, 2.75) is 13.5 Å². The van der Waals surface area contributed by atoms with Crippen LogP contribution in [0.15, 0.2) is 47.8 Å². The Morgan fingerprint density at radius 1 is 1.21 bits per heavy atom. The lowest BCUT2D eigenvalue weighted by Crippen LogP contribution is -2.24. The molecule has 5 aromatic rings. The molecule has 10 nitrogen and oxygen atoms in total. The number of hydrogen-bond acceptors (Lipinski definition) is 7. The fourth-order valence-electron chi connectivity index (χ4n) is 2.93. The molecule has 0 radical (unpaired) electrons. The molecule has 0 aliphatic rings. The van der Waals surface area contributed by atoms with Crippen molar-refractivity contribution in [3.63, 3.8) is 0 Å². The summed E-state index contributed by atoms with van der Waals surface area (Å²) in [6.07, 6.45) is 4.50. The highest BCUT2D eigenvalue weighted by atomic mass is 35.5. The van der Waals surface area contributed by atoms with Crippen LogP contribution in [0.25, 0.3) is 16.8 Å². The van der Waals surface area contributed by atoms with Gasteiger partial charge in [-0.1, -0.05) is 17.7 Å². The summed E-state index contributed by atoms with van der Waals surface area (Å²) in [6.45, 7) is 2.00. The van der Waals surface area contributed by atoms with Gasteiger partial charge in [-0.2, -0.15) is 10.1 Å². The molecule has 4 aromatic heterocycles. The standard InChI is InChI=1S/C18H13ClN8O2/c1-10-6-21-27-15(10)18(28)26(9-22-27)8-13-23-16-17(24-13)25-14(7-20-16)29-12-4-2-3-11(19)5-12/h2-7,9H,8H2,1H3,(H,20,23,24,25). The Labute approximate surface area is 167 Å². The zero-order valence-electron chi connectivity index (χ0n) is 15.1. The minimum absolute atomic E-state index is 0.190. The number of nitrogens with zero attached hydrogens (tertiary/aromatic N) is 7. The number of aromatic nitrogens is 8. The molecule has 0 saturated heterocycles. The van der Waals surface area contributed by atoms with Gasteiger partial charge in [0.15, 0.2) is 16.8 Å². The lowest BCUT2D eigenvalue weighted by molar-refractivity contribution is 0.462. The van der Waals surface area contributed by atoms with Gasteiger partial charge in [0.2, 0.25) is 5.88 Å². The van der Waals surface area contributed by atoms with E-state index in [9.17, 15) is 4.79 Å². The van der Waals surface area contributed by atoms with E-state index in [-0.39, 0.29) is 12.1 Å². The van der Waals surface area contributed by atoms with Crippen LogP contribution in [0.4, 0.5) is 0 Å². The second kappa shape index (κ2) is 6.67. The lowest BCUT2D eigenvalue weighted by atomic mass is 10.3. The molecule has 0 aliphatic carbocycles. The van der Waals surface area contributed by atoms with Crippen LogP contribution < -0.4 is 10.3 Å². The minimum atomic E-state index is -0.207. The molecule has 0 atom stereocenters. The summed E-state index contributed by atoms with van der Waals surface area (Å²) in [6, 6.07) is 6.98. The molecular formula is C18H13ClN8O2. The summed E-state index contributed by atoms with van der Waals surface area (Å²) in [4.78, 5) is 28.8. The first-order valence-corrected chi connectivity index (χ1v) is 9.00. The molecule has 11 heteroatoms. The van der Waals surface area contributed by atoms with E-state index in [0.29, 0.717) is 39.3 Å². The first-order valence-electron chi connectivity index (χ1n) is 8.62. The van der Waals surface area contributed by atoms with Gasteiger partial charge in [-0.15, -0.1) is 9.73 Å². The minimum Gasteiger partial charge on any atom is -0.437 e. The van der Waals surface area contributed by atoms with Crippen LogP contribution in [0.1, 0.15) is 11.4 Å². The SMILES string of the molecule is Cc1cnn2ncn(Cc3nc4ncc(Oc5cccc(Cl)c5)nc4[nH]3)c(=O)c12. The molecule has 4 heterocycles. The van der Waals surface area contributed by atoms with Gasteiger partial charge in [0.05, 0.1) is 18.9 Å². The summed E-state index contributed by atoms with van der Waals surface area (Å²) in [5, 5.41) is 8.74. The zero-order chi connectivity index (χ0) is 20.0. The van der Waals surface area contributed by atoms with E-state index in [1.807, 2.05) is 6.92 Å². The Morgan fingerprint density at radius 2 is 2.10 bits per heavy atom. The Hall–Kier alpha value is -3.79.